The van der Waals surface area contributed by atoms with Crippen LogP contribution in [0.15, 0.2) is 60.7 Å². The lowest BCUT2D eigenvalue weighted by molar-refractivity contribution is 0.425. The molecule has 0 unspecified atom stereocenters. The van der Waals surface area contributed by atoms with Crippen molar-refractivity contribution in [3.8, 4) is 11.3 Å². The Hall–Kier alpha value is -2.99. The molecule has 0 fully saturated rings. The first-order valence-electron chi connectivity index (χ1n) is 9.41. The molecule has 1 aromatic heterocycles. The molecule has 28 heavy (non-hydrogen) atoms. The van der Waals surface area contributed by atoms with E-state index in [-0.39, 0.29) is 5.82 Å². The van der Waals surface area contributed by atoms with Crippen molar-refractivity contribution < 1.29 is 4.39 Å². The molecule has 146 valence electrons. The van der Waals surface area contributed by atoms with Gasteiger partial charge in [-0.3, -0.25) is 0 Å². The standard InChI is InChI=1S/C22H26FN5/c1-28(2)15-14-25-22-26-20(18-6-4-3-5-7-18)16-21(27-22)24-13-12-17-8-10-19(23)11-9-17/h3-11,16H,12-15H2,1-2H3,(H2,24,25,26,27). The van der Waals surface area contributed by atoms with Crippen LogP contribution in [-0.2, 0) is 6.42 Å². The molecule has 0 radical (unpaired) electrons. The summed E-state index contributed by atoms with van der Waals surface area (Å²) in [5.41, 5.74) is 2.99. The van der Waals surface area contributed by atoms with E-state index >= 15 is 0 Å². The maximum atomic E-state index is 13.0. The molecule has 5 nitrogen and oxygen atoms in total. The lowest BCUT2D eigenvalue weighted by atomic mass is 10.1. The monoisotopic (exact) mass is 379 g/mol. The lowest BCUT2D eigenvalue weighted by Gasteiger charge is -2.13. The Morgan fingerprint density at radius 1 is 0.893 bits per heavy atom. The Labute approximate surface area is 165 Å². The van der Waals surface area contributed by atoms with Crippen molar-refractivity contribution in [1.82, 2.24) is 14.9 Å². The van der Waals surface area contributed by atoms with Crippen LogP contribution < -0.4 is 10.6 Å². The maximum absolute atomic E-state index is 13.0. The van der Waals surface area contributed by atoms with Gasteiger partial charge in [0.25, 0.3) is 0 Å². The molecule has 3 rings (SSSR count). The molecular formula is C22H26FN5. The molecule has 0 aliphatic carbocycles. The fraction of sp³-hybridized carbons (Fsp3) is 0.273. The van der Waals surface area contributed by atoms with Crippen molar-refractivity contribution in [2.75, 3.05) is 44.4 Å². The Morgan fingerprint density at radius 3 is 2.36 bits per heavy atom. The van der Waals surface area contributed by atoms with E-state index in [1.54, 1.807) is 12.1 Å². The smallest absolute Gasteiger partial charge is 0.225 e. The molecule has 0 aliphatic rings. The molecule has 0 saturated heterocycles. The average molecular weight is 379 g/mol. The number of anilines is 2. The molecule has 2 aromatic carbocycles. The Kier molecular flexibility index (Phi) is 6.92. The number of hydrogen-bond acceptors (Lipinski definition) is 5. The van der Waals surface area contributed by atoms with E-state index in [1.165, 1.54) is 12.1 Å². The Bertz CT molecular complexity index is 866. The number of halogens is 1. The highest BCUT2D eigenvalue weighted by molar-refractivity contribution is 5.64. The molecular weight excluding hydrogens is 353 g/mol. The van der Waals surface area contributed by atoms with Crippen LogP contribution in [0.1, 0.15) is 5.56 Å². The van der Waals surface area contributed by atoms with Gasteiger partial charge in [0.1, 0.15) is 11.6 Å². The average Bonchev–Trinajstić information content (AvgIpc) is 2.70. The van der Waals surface area contributed by atoms with E-state index in [0.29, 0.717) is 12.5 Å². The van der Waals surface area contributed by atoms with Gasteiger partial charge in [0.2, 0.25) is 5.95 Å². The van der Waals surface area contributed by atoms with Crippen LogP contribution in [0.2, 0.25) is 0 Å². The van der Waals surface area contributed by atoms with E-state index in [9.17, 15) is 4.39 Å². The summed E-state index contributed by atoms with van der Waals surface area (Å²) in [7, 11) is 4.07. The van der Waals surface area contributed by atoms with Crippen molar-refractivity contribution in [3.63, 3.8) is 0 Å². The van der Waals surface area contributed by atoms with Gasteiger partial charge in [0.15, 0.2) is 0 Å². The van der Waals surface area contributed by atoms with Crippen LogP contribution in [0.5, 0.6) is 0 Å². The largest absolute Gasteiger partial charge is 0.370 e. The highest BCUT2D eigenvalue weighted by Crippen LogP contribution is 2.21. The van der Waals surface area contributed by atoms with Gasteiger partial charge >= 0.3 is 0 Å². The third kappa shape index (κ3) is 6.03. The minimum atomic E-state index is -0.214. The highest BCUT2D eigenvalue weighted by Gasteiger charge is 2.07. The zero-order valence-corrected chi connectivity index (χ0v) is 16.3. The fourth-order valence-corrected chi connectivity index (χ4v) is 2.75. The van der Waals surface area contributed by atoms with Crippen molar-refractivity contribution in [1.29, 1.82) is 0 Å². The first-order chi connectivity index (χ1) is 13.6. The zero-order valence-electron chi connectivity index (χ0n) is 16.3. The van der Waals surface area contributed by atoms with Crippen LogP contribution in [-0.4, -0.2) is 48.6 Å². The normalized spacial score (nSPS) is 10.9. The van der Waals surface area contributed by atoms with E-state index < -0.39 is 0 Å². The minimum absolute atomic E-state index is 0.214. The fourth-order valence-electron chi connectivity index (χ4n) is 2.75. The zero-order chi connectivity index (χ0) is 19.8. The summed E-state index contributed by atoms with van der Waals surface area (Å²) < 4.78 is 13.0. The summed E-state index contributed by atoms with van der Waals surface area (Å²) in [6, 6.07) is 18.6. The molecule has 0 saturated carbocycles. The minimum Gasteiger partial charge on any atom is -0.370 e. The molecule has 0 bridgehead atoms. The van der Waals surface area contributed by atoms with Crippen molar-refractivity contribution in [2.24, 2.45) is 0 Å². The number of benzene rings is 2. The maximum Gasteiger partial charge on any atom is 0.225 e. The van der Waals surface area contributed by atoms with Crippen LogP contribution in [0.4, 0.5) is 16.2 Å². The number of hydrogen-bond donors (Lipinski definition) is 2. The van der Waals surface area contributed by atoms with E-state index in [0.717, 1.165) is 42.1 Å². The van der Waals surface area contributed by atoms with Crippen LogP contribution in [0.3, 0.4) is 0 Å². The highest BCUT2D eigenvalue weighted by atomic mass is 19.1. The molecule has 0 amide bonds. The van der Waals surface area contributed by atoms with Gasteiger partial charge in [-0.15, -0.1) is 0 Å². The predicted octanol–water partition coefficient (Wildman–Crippen LogP) is 3.91. The second-order valence-corrected chi connectivity index (χ2v) is 6.86. The van der Waals surface area contributed by atoms with Crippen LogP contribution in [0, 0.1) is 5.82 Å². The van der Waals surface area contributed by atoms with E-state index in [2.05, 4.69) is 25.5 Å². The number of rotatable bonds is 9. The second-order valence-electron chi connectivity index (χ2n) is 6.86. The van der Waals surface area contributed by atoms with Gasteiger partial charge in [-0.2, -0.15) is 4.98 Å². The van der Waals surface area contributed by atoms with Crippen molar-refractivity contribution in [2.45, 2.75) is 6.42 Å². The summed E-state index contributed by atoms with van der Waals surface area (Å²) in [4.78, 5) is 11.4. The van der Waals surface area contributed by atoms with Gasteiger partial charge in [-0.25, -0.2) is 9.37 Å². The van der Waals surface area contributed by atoms with Crippen LogP contribution in [0.25, 0.3) is 11.3 Å². The topological polar surface area (TPSA) is 53.1 Å². The number of nitrogens with one attached hydrogen (secondary N) is 2. The quantitative estimate of drug-likeness (QED) is 0.590. The van der Waals surface area contributed by atoms with E-state index in [1.807, 2.05) is 50.5 Å². The Morgan fingerprint density at radius 2 is 1.64 bits per heavy atom. The van der Waals surface area contributed by atoms with Crippen molar-refractivity contribution >= 4 is 11.8 Å². The van der Waals surface area contributed by atoms with Gasteiger partial charge in [-0.1, -0.05) is 42.5 Å². The Balaban J connectivity index is 1.71. The third-order valence-electron chi connectivity index (χ3n) is 4.27. The van der Waals surface area contributed by atoms with Gasteiger partial charge in [0, 0.05) is 31.3 Å². The summed E-state index contributed by atoms with van der Waals surface area (Å²) >= 11 is 0. The molecule has 0 aliphatic heterocycles. The first kappa shape index (κ1) is 19.8. The lowest BCUT2D eigenvalue weighted by Crippen LogP contribution is -2.21. The summed E-state index contributed by atoms with van der Waals surface area (Å²) in [6.07, 6.45) is 0.786. The third-order valence-corrected chi connectivity index (χ3v) is 4.27. The summed E-state index contributed by atoms with van der Waals surface area (Å²) in [5, 5.41) is 6.66. The second kappa shape index (κ2) is 9.80. The van der Waals surface area contributed by atoms with Crippen LogP contribution >= 0.6 is 0 Å². The molecule has 0 spiro atoms. The molecule has 0 atom stereocenters. The van der Waals surface area contributed by atoms with Gasteiger partial charge in [-0.05, 0) is 38.2 Å². The molecule has 1 heterocycles. The number of nitrogens with zero attached hydrogens (tertiary/aromatic N) is 3. The van der Waals surface area contributed by atoms with E-state index in [4.69, 9.17) is 0 Å². The molecule has 6 heteroatoms. The van der Waals surface area contributed by atoms with Crippen molar-refractivity contribution in [3.05, 3.63) is 72.0 Å². The van der Waals surface area contributed by atoms with Gasteiger partial charge in [0.05, 0.1) is 5.69 Å². The predicted molar refractivity (Wildman–Crippen MR) is 113 cm³/mol. The summed E-state index contributed by atoms with van der Waals surface area (Å²) in [6.45, 7) is 2.36. The van der Waals surface area contributed by atoms with Gasteiger partial charge < -0.3 is 15.5 Å². The summed E-state index contributed by atoms with van der Waals surface area (Å²) in [5.74, 6) is 1.16. The number of aromatic nitrogens is 2. The first-order valence-corrected chi connectivity index (χ1v) is 9.41. The molecule has 2 N–H and O–H groups in total. The molecule has 3 aromatic rings. The SMILES string of the molecule is CN(C)CCNc1nc(NCCc2ccc(F)cc2)cc(-c2ccccc2)n1. The number of likely N-dealkylation sites (N-methyl/N-ethyl adjacent to an activating group) is 1.